The van der Waals surface area contributed by atoms with E-state index in [1.54, 1.807) is 20.1 Å². The summed E-state index contributed by atoms with van der Waals surface area (Å²) in [5, 5.41) is 18.6. The predicted molar refractivity (Wildman–Crippen MR) is 142 cm³/mol. The highest BCUT2D eigenvalue weighted by molar-refractivity contribution is 5.74. The first kappa shape index (κ1) is 28.9. The van der Waals surface area contributed by atoms with Crippen LogP contribution in [-0.4, -0.2) is 62.5 Å². The third kappa shape index (κ3) is 7.90. The molecule has 3 atom stereocenters. The van der Waals surface area contributed by atoms with Crippen LogP contribution < -0.4 is 10.6 Å². The Hall–Kier alpha value is -1.70. The van der Waals surface area contributed by atoms with E-state index >= 15 is 0 Å². The van der Waals surface area contributed by atoms with Crippen LogP contribution >= 0.6 is 0 Å². The molecule has 0 aromatic heterocycles. The number of urea groups is 1. The molecule has 2 amide bonds. The molecule has 1 heterocycles. The number of methoxy groups -OCH3 is 1. The highest BCUT2D eigenvalue weighted by atomic mass is 19.1. The summed E-state index contributed by atoms with van der Waals surface area (Å²) in [6, 6.07) is 5.13. The third-order valence-electron chi connectivity index (χ3n) is 8.33. The molecule has 36 heavy (non-hydrogen) atoms. The number of nitrogens with one attached hydrogen (secondary N) is 2. The largest absolute Gasteiger partial charge is 0.385 e. The van der Waals surface area contributed by atoms with Crippen molar-refractivity contribution in [2.75, 3.05) is 40.4 Å². The number of unbranched alkanes of at least 4 members (excludes halogenated alkanes) is 1. The fourth-order valence-electron chi connectivity index (χ4n) is 6.17. The van der Waals surface area contributed by atoms with Gasteiger partial charge in [-0.15, -0.1) is 0 Å². The molecule has 3 N–H and O–H groups in total. The first-order chi connectivity index (χ1) is 17.4. The monoisotopic (exact) mass is 505 g/mol. The molecule has 1 saturated carbocycles. The number of piperidine rings is 1. The van der Waals surface area contributed by atoms with Gasteiger partial charge in [-0.3, -0.25) is 0 Å². The van der Waals surface area contributed by atoms with Gasteiger partial charge in [-0.05, 0) is 75.6 Å². The lowest BCUT2D eigenvalue weighted by Crippen LogP contribution is -2.54. The smallest absolute Gasteiger partial charge is 0.317 e. The van der Waals surface area contributed by atoms with Crippen LogP contribution in [0.2, 0.25) is 0 Å². The Morgan fingerprint density at radius 2 is 2.00 bits per heavy atom. The van der Waals surface area contributed by atoms with Gasteiger partial charge in [0.1, 0.15) is 5.82 Å². The van der Waals surface area contributed by atoms with Gasteiger partial charge in [0.2, 0.25) is 0 Å². The van der Waals surface area contributed by atoms with Crippen LogP contribution in [0.4, 0.5) is 9.18 Å². The number of halogens is 1. The molecule has 3 rings (SSSR count). The zero-order valence-corrected chi connectivity index (χ0v) is 22.7. The molecule has 1 aromatic rings. The Bertz CT molecular complexity index is 817. The number of carbonyl (C=O) groups is 1. The van der Waals surface area contributed by atoms with Gasteiger partial charge in [-0.1, -0.05) is 44.2 Å². The molecule has 1 aromatic carbocycles. The Kier molecular flexibility index (Phi) is 11.5. The summed E-state index contributed by atoms with van der Waals surface area (Å²) in [7, 11) is 3.61. The van der Waals surface area contributed by atoms with Crippen LogP contribution in [-0.2, 0) is 10.3 Å². The van der Waals surface area contributed by atoms with Gasteiger partial charge < -0.3 is 25.4 Å². The zero-order valence-electron chi connectivity index (χ0n) is 22.7. The van der Waals surface area contributed by atoms with Crippen LogP contribution in [0.5, 0.6) is 0 Å². The van der Waals surface area contributed by atoms with Crippen molar-refractivity contribution in [3.8, 4) is 0 Å². The molecule has 0 bridgehead atoms. The van der Waals surface area contributed by atoms with Crippen molar-refractivity contribution in [3.63, 3.8) is 0 Å². The maximum absolute atomic E-state index is 14.5. The third-order valence-corrected chi connectivity index (χ3v) is 8.33. The maximum atomic E-state index is 14.5. The van der Waals surface area contributed by atoms with Gasteiger partial charge in [0, 0.05) is 45.3 Å². The minimum absolute atomic E-state index is 0.0485. The second-order valence-corrected chi connectivity index (χ2v) is 11.1. The van der Waals surface area contributed by atoms with Crippen molar-refractivity contribution in [1.29, 1.82) is 0 Å². The van der Waals surface area contributed by atoms with E-state index in [2.05, 4.69) is 10.6 Å². The first-order valence-electron chi connectivity index (χ1n) is 14.0. The summed E-state index contributed by atoms with van der Waals surface area (Å²) in [6.07, 6.45) is 11.2. The van der Waals surface area contributed by atoms with Crippen LogP contribution in [0.3, 0.4) is 0 Å². The summed E-state index contributed by atoms with van der Waals surface area (Å²) >= 11 is 0. The molecule has 2 fully saturated rings. The minimum Gasteiger partial charge on any atom is -0.385 e. The number of aliphatic hydroxyl groups is 1. The molecule has 204 valence electrons. The van der Waals surface area contributed by atoms with Gasteiger partial charge >= 0.3 is 6.03 Å². The molecular formula is C29H48FN3O3. The number of hydrogen-bond acceptors (Lipinski definition) is 4. The first-order valence-corrected chi connectivity index (χ1v) is 14.0. The average molecular weight is 506 g/mol. The Morgan fingerprint density at radius 3 is 2.69 bits per heavy atom. The molecule has 6 nitrogen and oxygen atoms in total. The number of nitrogens with zero attached hydrogens (tertiary/aromatic N) is 1. The topological polar surface area (TPSA) is 73.8 Å². The molecule has 7 heteroatoms. The van der Waals surface area contributed by atoms with E-state index in [0.29, 0.717) is 43.2 Å². The number of likely N-dealkylation sites (tertiary alicyclic amines) is 1. The number of hydrogen-bond donors (Lipinski definition) is 3. The number of aryl methyl sites for hydroxylation is 1. The summed E-state index contributed by atoms with van der Waals surface area (Å²) in [4.78, 5) is 15.2. The van der Waals surface area contributed by atoms with Crippen molar-refractivity contribution < 1.29 is 19.0 Å². The van der Waals surface area contributed by atoms with Crippen LogP contribution in [0, 0.1) is 24.6 Å². The molecule has 1 saturated heterocycles. The van der Waals surface area contributed by atoms with E-state index in [1.807, 2.05) is 18.0 Å². The normalized spacial score (nSPS) is 21.7. The van der Waals surface area contributed by atoms with Gasteiger partial charge in [0.25, 0.3) is 0 Å². The van der Waals surface area contributed by atoms with Crippen molar-refractivity contribution >= 4 is 6.03 Å². The second-order valence-electron chi connectivity index (χ2n) is 11.1. The van der Waals surface area contributed by atoms with Crippen LogP contribution in [0.25, 0.3) is 0 Å². The molecule has 1 aliphatic heterocycles. The molecule has 3 unspecified atom stereocenters. The Labute approximate surface area is 217 Å². The maximum Gasteiger partial charge on any atom is 0.317 e. The summed E-state index contributed by atoms with van der Waals surface area (Å²) in [6.45, 7) is 4.27. The van der Waals surface area contributed by atoms with E-state index in [1.165, 1.54) is 38.2 Å². The van der Waals surface area contributed by atoms with E-state index in [9.17, 15) is 14.3 Å². The number of benzene rings is 1. The van der Waals surface area contributed by atoms with Gasteiger partial charge in [0.15, 0.2) is 0 Å². The number of carbonyl (C=O) groups excluding carboxylic acids is 1. The standard InChI is InChI=1S/C29H48FN3O3/c1-22-13-14-24(19-27(22)30)29(35,15-7-8-17-36-3)25-12-9-16-33(21-25)28(34)32-26(20-31-2)18-23-10-5-4-6-11-23/h13-14,19,23,25-26,31,35H,4-12,15-18,20-21H2,1-3H3,(H,32,34). The van der Waals surface area contributed by atoms with Crippen molar-refractivity contribution in [2.24, 2.45) is 11.8 Å². The minimum atomic E-state index is -1.19. The van der Waals surface area contributed by atoms with Crippen molar-refractivity contribution in [1.82, 2.24) is 15.5 Å². The summed E-state index contributed by atoms with van der Waals surface area (Å²) in [5.74, 6) is 0.230. The van der Waals surface area contributed by atoms with Crippen LogP contribution in [0.15, 0.2) is 18.2 Å². The van der Waals surface area contributed by atoms with E-state index in [-0.39, 0.29) is 23.8 Å². The van der Waals surface area contributed by atoms with E-state index < -0.39 is 5.60 Å². The highest BCUT2D eigenvalue weighted by Gasteiger charge is 2.41. The predicted octanol–water partition coefficient (Wildman–Crippen LogP) is 5.12. The number of rotatable bonds is 12. The Morgan fingerprint density at radius 1 is 1.22 bits per heavy atom. The fraction of sp³-hybridized carbons (Fsp3) is 0.759. The quantitative estimate of drug-likeness (QED) is 0.345. The molecule has 2 aliphatic rings. The lowest BCUT2D eigenvalue weighted by atomic mass is 9.74. The lowest BCUT2D eigenvalue weighted by molar-refractivity contribution is -0.0566. The molecule has 0 spiro atoms. The summed E-state index contributed by atoms with van der Waals surface area (Å²) < 4.78 is 19.7. The number of amides is 2. The molecular weight excluding hydrogens is 457 g/mol. The van der Waals surface area contributed by atoms with Crippen molar-refractivity contribution in [2.45, 2.75) is 89.2 Å². The van der Waals surface area contributed by atoms with E-state index in [4.69, 9.17) is 4.74 Å². The number of ether oxygens (including phenoxy) is 1. The summed E-state index contributed by atoms with van der Waals surface area (Å²) in [5.41, 5.74) is -0.00689. The highest BCUT2D eigenvalue weighted by Crippen LogP contribution is 2.40. The fourth-order valence-corrected chi connectivity index (χ4v) is 6.17. The lowest BCUT2D eigenvalue weighted by Gasteiger charge is -2.43. The van der Waals surface area contributed by atoms with E-state index in [0.717, 1.165) is 38.6 Å². The van der Waals surface area contributed by atoms with Gasteiger partial charge in [-0.2, -0.15) is 0 Å². The van der Waals surface area contributed by atoms with Crippen LogP contribution in [0.1, 0.15) is 81.8 Å². The molecule has 1 aliphatic carbocycles. The molecule has 0 radical (unpaired) electrons. The zero-order chi connectivity index (χ0) is 26.0. The van der Waals surface area contributed by atoms with Gasteiger partial charge in [0.05, 0.1) is 5.60 Å². The average Bonchev–Trinajstić information content (AvgIpc) is 2.89. The number of likely N-dealkylation sites (N-methyl/N-ethyl adjacent to an activating group) is 1. The Balaban J connectivity index is 1.70. The van der Waals surface area contributed by atoms with Crippen molar-refractivity contribution in [3.05, 3.63) is 35.1 Å². The SMILES string of the molecule is CNCC(CC1CCCCC1)NC(=O)N1CCCC(C(O)(CCCCOC)c2ccc(C)c(F)c2)C1. The second kappa shape index (κ2) is 14.3. The van der Waals surface area contributed by atoms with Gasteiger partial charge in [-0.25, -0.2) is 9.18 Å².